The Labute approximate surface area is 125 Å². The van der Waals surface area contributed by atoms with Crippen LogP contribution in [0.3, 0.4) is 0 Å². The Kier molecular flexibility index (Phi) is 7.47. The van der Waals surface area contributed by atoms with E-state index in [1.54, 1.807) is 13.8 Å². The van der Waals surface area contributed by atoms with Crippen LogP contribution in [0.2, 0.25) is 0 Å². The highest BCUT2D eigenvalue weighted by atomic mass is 32.1. The van der Waals surface area contributed by atoms with Crippen LogP contribution in [-0.4, -0.2) is 24.9 Å². The summed E-state index contributed by atoms with van der Waals surface area (Å²) in [6, 6.07) is 3.68. The normalized spacial score (nSPS) is 10.4. The molecule has 1 aromatic carbocycles. The molecule has 0 saturated heterocycles. The predicted molar refractivity (Wildman–Crippen MR) is 84.4 cm³/mol. The molecule has 1 rings (SSSR count). The second kappa shape index (κ2) is 8.87. The lowest BCUT2D eigenvalue weighted by atomic mass is 10.1. The minimum Gasteiger partial charge on any atom is -0.382 e. The SMILES string of the molecule is CCOCCCNC(=S)NCc1cc(C)c(F)c(C)c1. The summed E-state index contributed by atoms with van der Waals surface area (Å²) in [5.41, 5.74) is 2.36. The first-order valence-corrected chi connectivity index (χ1v) is 7.30. The van der Waals surface area contributed by atoms with Crippen LogP contribution >= 0.6 is 12.2 Å². The number of rotatable bonds is 7. The van der Waals surface area contributed by atoms with Crippen LogP contribution in [-0.2, 0) is 11.3 Å². The summed E-state index contributed by atoms with van der Waals surface area (Å²) < 4.78 is 18.8. The van der Waals surface area contributed by atoms with Gasteiger partial charge in [-0.1, -0.05) is 12.1 Å². The van der Waals surface area contributed by atoms with Crippen molar-refractivity contribution in [3.63, 3.8) is 0 Å². The number of hydrogen-bond acceptors (Lipinski definition) is 2. The van der Waals surface area contributed by atoms with Crippen molar-refractivity contribution < 1.29 is 9.13 Å². The summed E-state index contributed by atoms with van der Waals surface area (Å²) >= 11 is 5.19. The average molecular weight is 298 g/mol. The zero-order valence-electron chi connectivity index (χ0n) is 12.4. The van der Waals surface area contributed by atoms with Crippen LogP contribution in [0.1, 0.15) is 30.0 Å². The van der Waals surface area contributed by atoms with Crippen LogP contribution in [0.5, 0.6) is 0 Å². The standard InChI is InChI=1S/C15H23FN2OS/c1-4-19-7-5-6-17-15(20)18-10-13-8-11(2)14(16)12(3)9-13/h8-9H,4-7,10H2,1-3H3,(H2,17,18,20). The van der Waals surface area contributed by atoms with Gasteiger partial charge in [-0.25, -0.2) is 4.39 Å². The smallest absolute Gasteiger partial charge is 0.166 e. The van der Waals surface area contributed by atoms with Crippen LogP contribution < -0.4 is 10.6 Å². The highest BCUT2D eigenvalue weighted by Crippen LogP contribution is 2.14. The molecule has 0 radical (unpaired) electrons. The van der Waals surface area contributed by atoms with Crippen molar-refractivity contribution in [2.24, 2.45) is 0 Å². The monoisotopic (exact) mass is 298 g/mol. The van der Waals surface area contributed by atoms with Crippen LogP contribution in [0.25, 0.3) is 0 Å². The van der Waals surface area contributed by atoms with Gasteiger partial charge >= 0.3 is 0 Å². The lowest BCUT2D eigenvalue weighted by Crippen LogP contribution is -2.35. The fourth-order valence-corrected chi connectivity index (χ4v) is 2.08. The van der Waals surface area contributed by atoms with E-state index in [4.69, 9.17) is 17.0 Å². The van der Waals surface area contributed by atoms with E-state index in [1.165, 1.54) is 0 Å². The largest absolute Gasteiger partial charge is 0.382 e. The second-order valence-electron chi connectivity index (χ2n) is 4.70. The van der Waals surface area contributed by atoms with Crippen molar-refractivity contribution in [3.8, 4) is 0 Å². The van der Waals surface area contributed by atoms with Gasteiger partial charge in [0.1, 0.15) is 5.82 Å². The zero-order chi connectivity index (χ0) is 15.0. The summed E-state index contributed by atoms with van der Waals surface area (Å²) in [5, 5.41) is 6.85. The van der Waals surface area contributed by atoms with Gasteiger partial charge in [0.15, 0.2) is 5.11 Å². The van der Waals surface area contributed by atoms with Crippen LogP contribution in [0, 0.1) is 19.7 Å². The third-order valence-electron chi connectivity index (χ3n) is 2.90. The summed E-state index contributed by atoms with van der Waals surface area (Å²) in [5.74, 6) is -0.134. The summed E-state index contributed by atoms with van der Waals surface area (Å²) in [7, 11) is 0. The minimum atomic E-state index is -0.134. The molecule has 0 unspecified atom stereocenters. The maximum atomic E-state index is 13.5. The Balaban J connectivity index is 2.30. The summed E-state index contributed by atoms with van der Waals surface area (Å²) in [6.07, 6.45) is 0.921. The number of nitrogens with one attached hydrogen (secondary N) is 2. The molecule has 0 fully saturated rings. The third-order valence-corrected chi connectivity index (χ3v) is 3.19. The quantitative estimate of drug-likeness (QED) is 0.599. The molecule has 3 nitrogen and oxygen atoms in total. The Morgan fingerprint density at radius 2 is 1.90 bits per heavy atom. The van der Waals surface area contributed by atoms with Gasteiger partial charge in [-0.15, -0.1) is 0 Å². The molecule has 0 aliphatic carbocycles. The maximum Gasteiger partial charge on any atom is 0.166 e. The summed E-state index contributed by atoms with van der Waals surface area (Å²) in [4.78, 5) is 0. The maximum absolute atomic E-state index is 13.5. The molecule has 5 heteroatoms. The Bertz CT molecular complexity index is 428. The highest BCUT2D eigenvalue weighted by Gasteiger charge is 2.04. The Morgan fingerprint density at radius 1 is 1.25 bits per heavy atom. The zero-order valence-corrected chi connectivity index (χ0v) is 13.2. The molecule has 0 atom stereocenters. The molecule has 112 valence electrons. The molecular weight excluding hydrogens is 275 g/mol. The Morgan fingerprint density at radius 3 is 2.50 bits per heavy atom. The molecule has 0 saturated carbocycles. The van der Waals surface area contributed by atoms with Gasteiger partial charge in [-0.3, -0.25) is 0 Å². The van der Waals surface area contributed by atoms with E-state index < -0.39 is 0 Å². The van der Waals surface area contributed by atoms with Gasteiger partial charge in [-0.2, -0.15) is 0 Å². The molecule has 20 heavy (non-hydrogen) atoms. The van der Waals surface area contributed by atoms with E-state index >= 15 is 0 Å². The average Bonchev–Trinajstić information content (AvgIpc) is 2.42. The minimum absolute atomic E-state index is 0.134. The van der Waals surface area contributed by atoms with Crippen molar-refractivity contribution in [2.45, 2.75) is 33.7 Å². The number of ether oxygens (including phenoxy) is 1. The molecule has 0 heterocycles. The first-order valence-electron chi connectivity index (χ1n) is 6.89. The lowest BCUT2D eigenvalue weighted by molar-refractivity contribution is 0.145. The first-order chi connectivity index (χ1) is 9.54. The van der Waals surface area contributed by atoms with Crippen molar-refractivity contribution in [1.29, 1.82) is 0 Å². The number of thiocarbonyl (C=S) groups is 1. The molecule has 0 aromatic heterocycles. The lowest BCUT2D eigenvalue weighted by Gasteiger charge is -2.12. The molecule has 0 amide bonds. The number of halogens is 1. The number of hydrogen-bond donors (Lipinski definition) is 2. The van der Waals surface area contributed by atoms with Crippen molar-refractivity contribution in [1.82, 2.24) is 10.6 Å². The fraction of sp³-hybridized carbons (Fsp3) is 0.533. The van der Waals surface area contributed by atoms with Crippen LogP contribution in [0.15, 0.2) is 12.1 Å². The van der Waals surface area contributed by atoms with Gasteiger partial charge < -0.3 is 15.4 Å². The highest BCUT2D eigenvalue weighted by molar-refractivity contribution is 7.80. The van der Waals surface area contributed by atoms with E-state index in [0.29, 0.717) is 22.8 Å². The van der Waals surface area contributed by atoms with Gasteiger partial charge in [0.25, 0.3) is 0 Å². The van der Waals surface area contributed by atoms with Crippen molar-refractivity contribution >= 4 is 17.3 Å². The number of aryl methyl sites for hydroxylation is 2. The number of benzene rings is 1. The molecule has 1 aromatic rings. The third kappa shape index (κ3) is 5.84. The van der Waals surface area contributed by atoms with Gasteiger partial charge in [0, 0.05) is 26.3 Å². The molecule has 0 spiro atoms. The van der Waals surface area contributed by atoms with E-state index in [0.717, 1.165) is 31.7 Å². The van der Waals surface area contributed by atoms with Gasteiger partial charge in [0.05, 0.1) is 0 Å². The van der Waals surface area contributed by atoms with Crippen molar-refractivity contribution in [3.05, 3.63) is 34.6 Å². The summed E-state index contributed by atoms with van der Waals surface area (Å²) in [6.45, 7) is 8.39. The topological polar surface area (TPSA) is 33.3 Å². The predicted octanol–water partition coefficient (Wildman–Crippen LogP) is 2.83. The molecule has 0 bridgehead atoms. The fourth-order valence-electron chi connectivity index (χ4n) is 1.90. The van der Waals surface area contributed by atoms with Gasteiger partial charge in [0.2, 0.25) is 0 Å². The van der Waals surface area contributed by atoms with E-state index in [2.05, 4.69) is 10.6 Å². The van der Waals surface area contributed by atoms with E-state index in [1.807, 2.05) is 19.1 Å². The molecular formula is C15H23FN2OS. The second-order valence-corrected chi connectivity index (χ2v) is 5.11. The molecule has 0 aliphatic heterocycles. The first kappa shape index (κ1) is 16.9. The Hall–Kier alpha value is -1.20. The molecule has 2 N–H and O–H groups in total. The van der Waals surface area contributed by atoms with Crippen molar-refractivity contribution in [2.75, 3.05) is 19.8 Å². The van der Waals surface area contributed by atoms with E-state index in [-0.39, 0.29) is 5.82 Å². The van der Waals surface area contributed by atoms with Gasteiger partial charge in [-0.05, 0) is 56.1 Å². The molecule has 0 aliphatic rings. The van der Waals surface area contributed by atoms with E-state index in [9.17, 15) is 4.39 Å². The van der Waals surface area contributed by atoms with Crippen LogP contribution in [0.4, 0.5) is 4.39 Å².